The molecule has 0 unspecified atom stereocenters. The molecule has 0 spiro atoms. The van der Waals surface area contributed by atoms with Gasteiger partial charge in [-0.1, -0.05) is 12.8 Å². The van der Waals surface area contributed by atoms with Gasteiger partial charge in [0.25, 0.3) is 5.91 Å². The van der Waals surface area contributed by atoms with Gasteiger partial charge in [-0.3, -0.25) is 4.79 Å². The Bertz CT molecular complexity index is 540. The molecule has 1 amide bonds. The van der Waals surface area contributed by atoms with E-state index in [-0.39, 0.29) is 5.91 Å². The lowest BCUT2D eigenvalue weighted by atomic mass is 10.2. The summed E-state index contributed by atoms with van der Waals surface area (Å²) < 4.78 is 1.90. The van der Waals surface area contributed by atoms with Crippen LogP contribution in [0.4, 0.5) is 0 Å². The molecule has 2 aromatic rings. The van der Waals surface area contributed by atoms with Crippen LogP contribution in [0, 0.1) is 0 Å². The highest BCUT2D eigenvalue weighted by Gasteiger charge is 2.17. The standard InChI is InChI=1S/C13H15N3O/c17-13(15-11-3-1-2-4-11)10-5-6-16-9-14-8-12(16)7-10/h5-9,11H,1-4H2,(H,15,17). The quantitative estimate of drug-likeness (QED) is 0.856. The molecule has 1 N–H and O–H groups in total. The minimum atomic E-state index is 0.0283. The molecule has 0 atom stereocenters. The minimum absolute atomic E-state index is 0.0283. The highest BCUT2D eigenvalue weighted by molar-refractivity contribution is 5.95. The Balaban J connectivity index is 1.79. The predicted molar refractivity (Wildman–Crippen MR) is 64.9 cm³/mol. The monoisotopic (exact) mass is 229 g/mol. The number of carbonyl (C=O) groups is 1. The Labute approximate surface area is 99.7 Å². The van der Waals surface area contributed by atoms with E-state index in [1.165, 1.54) is 12.8 Å². The van der Waals surface area contributed by atoms with Crippen LogP contribution < -0.4 is 5.32 Å². The number of rotatable bonds is 2. The molecule has 1 aliphatic carbocycles. The fourth-order valence-electron chi connectivity index (χ4n) is 2.40. The Kier molecular flexibility index (Phi) is 2.55. The average Bonchev–Trinajstić information content (AvgIpc) is 2.97. The van der Waals surface area contributed by atoms with Gasteiger partial charge in [0.15, 0.2) is 0 Å². The SMILES string of the molecule is O=C(NC1CCCC1)c1ccn2cncc2c1. The summed E-state index contributed by atoms with van der Waals surface area (Å²) in [5, 5.41) is 3.08. The number of hydrogen-bond acceptors (Lipinski definition) is 2. The lowest BCUT2D eigenvalue weighted by Gasteiger charge is -2.11. The van der Waals surface area contributed by atoms with Gasteiger partial charge in [-0.15, -0.1) is 0 Å². The van der Waals surface area contributed by atoms with Crippen LogP contribution >= 0.6 is 0 Å². The van der Waals surface area contributed by atoms with Crippen LogP contribution in [-0.2, 0) is 0 Å². The molecule has 2 heterocycles. The van der Waals surface area contributed by atoms with Gasteiger partial charge >= 0.3 is 0 Å². The molecule has 1 saturated carbocycles. The first kappa shape index (κ1) is 10.3. The van der Waals surface area contributed by atoms with Crippen molar-refractivity contribution in [3.8, 4) is 0 Å². The molecule has 0 aliphatic heterocycles. The molecule has 17 heavy (non-hydrogen) atoms. The van der Waals surface area contributed by atoms with Gasteiger partial charge in [-0.05, 0) is 25.0 Å². The molecule has 0 aromatic carbocycles. The molecule has 3 rings (SSSR count). The second kappa shape index (κ2) is 4.20. The average molecular weight is 229 g/mol. The van der Waals surface area contributed by atoms with Crippen molar-refractivity contribution >= 4 is 11.4 Å². The minimum Gasteiger partial charge on any atom is -0.349 e. The predicted octanol–water partition coefficient (Wildman–Crippen LogP) is 2.01. The van der Waals surface area contributed by atoms with E-state index in [0.717, 1.165) is 18.4 Å². The maximum absolute atomic E-state index is 12.0. The van der Waals surface area contributed by atoms with Crippen LogP contribution in [0.15, 0.2) is 30.9 Å². The molecule has 1 fully saturated rings. The van der Waals surface area contributed by atoms with E-state index in [1.807, 2.05) is 22.7 Å². The lowest BCUT2D eigenvalue weighted by molar-refractivity contribution is 0.0938. The molecular formula is C13H15N3O. The van der Waals surface area contributed by atoms with Crippen LogP contribution in [-0.4, -0.2) is 21.3 Å². The molecule has 1 aliphatic rings. The van der Waals surface area contributed by atoms with Gasteiger partial charge < -0.3 is 9.72 Å². The van der Waals surface area contributed by atoms with Crippen molar-refractivity contribution in [3.05, 3.63) is 36.4 Å². The summed E-state index contributed by atoms with van der Waals surface area (Å²) in [4.78, 5) is 16.1. The number of amides is 1. The summed E-state index contributed by atoms with van der Waals surface area (Å²) in [6, 6.07) is 4.07. The first-order chi connectivity index (χ1) is 8.33. The van der Waals surface area contributed by atoms with E-state index in [0.29, 0.717) is 11.6 Å². The van der Waals surface area contributed by atoms with E-state index in [2.05, 4.69) is 10.3 Å². The zero-order valence-corrected chi connectivity index (χ0v) is 9.60. The van der Waals surface area contributed by atoms with Gasteiger partial charge in [0, 0.05) is 17.8 Å². The summed E-state index contributed by atoms with van der Waals surface area (Å²) >= 11 is 0. The van der Waals surface area contributed by atoms with E-state index in [9.17, 15) is 4.79 Å². The zero-order chi connectivity index (χ0) is 11.7. The van der Waals surface area contributed by atoms with E-state index in [1.54, 1.807) is 12.5 Å². The van der Waals surface area contributed by atoms with Crippen molar-refractivity contribution < 1.29 is 4.79 Å². The normalized spacial score (nSPS) is 16.5. The van der Waals surface area contributed by atoms with Crippen molar-refractivity contribution in [3.63, 3.8) is 0 Å². The number of aromatic nitrogens is 2. The largest absolute Gasteiger partial charge is 0.349 e. The molecule has 0 bridgehead atoms. The van der Waals surface area contributed by atoms with Crippen molar-refractivity contribution in [2.24, 2.45) is 0 Å². The van der Waals surface area contributed by atoms with E-state index < -0.39 is 0 Å². The first-order valence-electron chi connectivity index (χ1n) is 6.05. The number of imidazole rings is 1. The van der Waals surface area contributed by atoms with Gasteiger partial charge in [0.1, 0.15) is 0 Å². The summed E-state index contributed by atoms with van der Waals surface area (Å²) in [6.07, 6.45) is 10.0. The number of nitrogens with zero attached hydrogens (tertiary/aromatic N) is 2. The van der Waals surface area contributed by atoms with Crippen molar-refractivity contribution in [2.45, 2.75) is 31.7 Å². The lowest BCUT2D eigenvalue weighted by Crippen LogP contribution is -2.32. The molecule has 2 aromatic heterocycles. The van der Waals surface area contributed by atoms with Crippen LogP contribution in [0.3, 0.4) is 0 Å². The number of nitrogens with one attached hydrogen (secondary N) is 1. The number of carbonyl (C=O) groups excluding carboxylic acids is 1. The smallest absolute Gasteiger partial charge is 0.251 e. The Morgan fingerprint density at radius 3 is 3.06 bits per heavy atom. The number of pyridine rings is 1. The second-order valence-corrected chi connectivity index (χ2v) is 4.60. The highest BCUT2D eigenvalue weighted by atomic mass is 16.1. The molecule has 88 valence electrons. The topological polar surface area (TPSA) is 46.4 Å². The maximum atomic E-state index is 12.0. The second-order valence-electron chi connectivity index (χ2n) is 4.60. The third-order valence-electron chi connectivity index (χ3n) is 3.37. The fraction of sp³-hybridized carbons (Fsp3) is 0.385. The molecule has 4 nitrogen and oxygen atoms in total. The summed E-state index contributed by atoms with van der Waals surface area (Å²) in [7, 11) is 0. The Hall–Kier alpha value is -1.84. The van der Waals surface area contributed by atoms with Crippen molar-refractivity contribution in [2.75, 3.05) is 0 Å². The Morgan fingerprint density at radius 1 is 1.41 bits per heavy atom. The first-order valence-corrected chi connectivity index (χ1v) is 6.05. The summed E-state index contributed by atoms with van der Waals surface area (Å²) in [6.45, 7) is 0. The molecule has 4 heteroatoms. The third kappa shape index (κ3) is 2.02. The van der Waals surface area contributed by atoms with Gasteiger partial charge in [0.2, 0.25) is 0 Å². The van der Waals surface area contributed by atoms with Crippen molar-refractivity contribution in [1.82, 2.24) is 14.7 Å². The maximum Gasteiger partial charge on any atom is 0.251 e. The number of fused-ring (bicyclic) bond motifs is 1. The number of hydrogen-bond donors (Lipinski definition) is 1. The zero-order valence-electron chi connectivity index (χ0n) is 9.60. The molecular weight excluding hydrogens is 214 g/mol. The fourth-order valence-corrected chi connectivity index (χ4v) is 2.40. The molecule has 0 saturated heterocycles. The van der Waals surface area contributed by atoms with Gasteiger partial charge in [-0.25, -0.2) is 4.98 Å². The third-order valence-corrected chi connectivity index (χ3v) is 3.37. The van der Waals surface area contributed by atoms with E-state index >= 15 is 0 Å². The molecule has 0 radical (unpaired) electrons. The van der Waals surface area contributed by atoms with Gasteiger partial charge in [0.05, 0.1) is 18.0 Å². The highest BCUT2D eigenvalue weighted by Crippen LogP contribution is 2.18. The van der Waals surface area contributed by atoms with Crippen LogP contribution in [0.1, 0.15) is 36.0 Å². The van der Waals surface area contributed by atoms with Gasteiger partial charge in [-0.2, -0.15) is 0 Å². The summed E-state index contributed by atoms with van der Waals surface area (Å²) in [5.74, 6) is 0.0283. The summed E-state index contributed by atoms with van der Waals surface area (Å²) in [5.41, 5.74) is 1.66. The van der Waals surface area contributed by atoms with Crippen LogP contribution in [0.5, 0.6) is 0 Å². The van der Waals surface area contributed by atoms with E-state index in [4.69, 9.17) is 0 Å². The van der Waals surface area contributed by atoms with Crippen LogP contribution in [0.2, 0.25) is 0 Å². The van der Waals surface area contributed by atoms with Crippen LogP contribution in [0.25, 0.3) is 5.52 Å². The Morgan fingerprint density at radius 2 is 2.24 bits per heavy atom. The van der Waals surface area contributed by atoms with Crippen molar-refractivity contribution in [1.29, 1.82) is 0 Å².